The van der Waals surface area contributed by atoms with Gasteiger partial charge in [-0.1, -0.05) is 47.5 Å². The zero-order chi connectivity index (χ0) is 14.5. The molecule has 0 aliphatic carbocycles. The van der Waals surface area contributed by atoms with Crippen LogP contribution in [-0.2, 0) is 0 Å². The van der Waals surface area contributed by atoms with E-state index >= 15 is 0 Å². The van der Waals surface area contributed by atoms with Crippen LogP contribution in [0.2, 0.25) is 10.0 Å². The standard InChI is InChI=1S/C15H12Cl2N2O/c1-10-4-2-3-5-12(10)15(20)19-18-9-11-6-7-13(16)14(17)8-11/h2-9H,1H3,(H,19,20)/b18-9-. The van der Waals surface area contributed by atoms with Crippen molar-refractivity contribution >= 4 is 35.3 Å². The van der Waals surface area contributed by atoms with Crippen LogP contribution in [0.5, 0.6) is 0 Å². The van der Waals surface area contributed by atoms with E-state index in [1.807, 2.05) is 25.1 Å². The molecule has 5 heteroatoms. The van der Waals surface area contributed by atoms with Gasteiger partial charge in [-0.25, -0.2) is 5.43 Å². The van der Waals surface area contributed by atoms with Gasteiger partial charge in [0, 0.05) is 5.56 Å². The van der Waals surface area contributed by atoms with Gasteiger partial charge in [0.05, 0.1) is 16.3 Å². The van der Waals surface area contributed by atoms with Gasteiger partial charge >= 0.3 is 0 Å². The number of hydrogen-bond acceptors (Lipinski definition) is 2. The molecule has 20 heavy (non-hydrogen) atoms. The maximum absolute atomic E-state index is 11.9. The first-order valence-corrected chi connectivity index (χ1v) is 6.67. The Morgan fingerprint density at radius 2 is 1.90 bits per heavy atom. The minimum atomic E-state index is -0.251. The van der Waals surface area contributed by atoms with Crippen LogP contribution in [0.25, 0.3) is 0 Å². The molecule has 0 saturated heterocycles. The Bertz CT molecular complexity index is 669. The van der Waals surface area contributed by atoms with E-state index in [0.717, 1.165) is 11.1 Å². The molecule has 102 valence electrons. The number of benzene rings is 2. The third-order valence-electron chi connectivity index (χ3n) is 2.71. The predicted molar refractivity (Wildman–Crippen MR) is 82.7 cm³/mol. The van der Waals surface area contributed by atoms with Gasteiger partial charge in [0.25, 0.3) is 5.91 Å². The molecule has 2 aromatic carbocycles. The second-order valence-corrected chi connectivity index (χ2v) is 5.00. The Kier molecular flexibility index (Phi) is 4.77. The fourth-order valence-electron chi connectivity index (χ4n) is 1.65. The molecule has 0 spiro atoms. The fraction of sp³-hybridized carbons (Fsp3) is 0.0667. The van der Waals surface area contributed by atoms with Crippen molar-refractivity contribution in [2.24, 2.45) is 5.10 Å². The molecule has 0 aliphatic rings. The number of halogens is 2. The van der Waals surface area contributed by atoms with E-state index in [9.17, 15) is 4.79 Å². The van der Waals surface area contributed by atoms with Crippen molar-refractivity contribution in [3.05, 3.63) is 69.2 Å². The monoisotopic (exact) mass is 306 g/mol. The lowest BCUT2D eigenvalue weighted by Gasteiger charge is -2.03. The summed E-state index contributed by atoms with van der Waals surface area (Å²) in [5.74, 6) is -0.251. The lowest BCUT2D eigenvalue weighted by Crippen LogP contribution is -2.18. The van der Waals surface area contributed by atoms with Crippen molar-refractivity contribution in [1.82, 2.24) is 5.43 Å². The number of amides is 1. The Labute approximate surface area is 127 Å². The van der Waals surface area contributed by atoms with Gasteiger partial charge in [0.2, 0.25) is 0 Å². The van der Waals surface area contributed by atoms with E-state index in [-0.39, 0.29) is 5.91 Å². The van der Waals surface area contributed by atoms with Crippen molar-refractivity contribution in [3.63, 3.8) is 0 Å². The summed E-state index contributed by atoms with van der Waals surface area (Å²) in [6, 6.07) is 12.4. The highest BCUT2D eigenvalue weighted by Gasteiger charge is 2.06. The first kappa shape index (κ1) is 14.6. The second-order valence-electron chi connectivity index (χ2n) is 4.19. The molecule has 0 bridgehead atoms. The number of aryl methyl sites for hydroxylation is 1. The smallest absolute Gasteiger partial charge is 0.267 e. The molecule has 0 heterocycles. The summed E-state index contributed by atoms with van der Waals surface area (Å²) in [5, 5.41) is 4.83. The summed E-state index contributed by atoms with van der Waals surface area (Å²) in [5.41, 5.74) is 4.72. The minimum absolute atomic E-state index is 0.251. The number of nitrogens with one attached hydrogen (secondary N) is 1. The zero-order valence-electron chi connectivity index (χ0n) is 10.7. The third kappa shape index (κ3) is 3.59. The predicted octanol–water partition coefficient (Wildman–Crippen LogP) is 4.07. The van der Waals surface area contributed by atoms with Gasteiger partial charge in [-0.2, -0.15) is 5.10 Å². The van der Waals surface area contributed by atoms with Crippen molar-refractivity contribution in [1.29, 1.82) is 0 Å². The molecule has 0 radical (unpaired) electrons. The first-order chi connectivity index (χ1) is 9.58. The molecular weight excluding hydrogens is 295 g/mol. The average molecular weight is 307 g/mol. The maximum Gasteiger partial charge on any atom is 0.271 e. The molecular formula is C15H12Cl2N2O. The van der Waals surface area contributed by atoms with Gasteiger partial charge in [0.15, 0.2) is 0 Å². The molecule has 3 nitrogen and oxygen atoms in total. The van der Waals surface area contributed by atoms with Crippen LogP contribution < -0.4 is 5.43 Å². The van der Waals surface area contributed by atoms with E-state index in [1.54, 1.807) is 24.3 Å². The van der Waals surface area contributed by atoms with Gasteiger partial charge in [0.1, 0.15) is 0 Å². The summed E-state index contributed by atoms with van der Waals surface area (Å²) < 4.78 is 0. The largest absolute Gasteiger partial charge is 0.271 e. The highest BCUT2D eigenvalue weighted by Crippen LogP contribution is 2.21. The highest BCUT2D eigenvalue weighted by molar-refractivity contribution is 6.42. The van der Waals surface area contributed by atoms with Gasteiger partial charge < -0.3 is 0 Å². The SMILES string of the molecule is Cc1ccccc1C(=O)N/N=C\c1ccc(Cl)c(Cl)c1. The van der Waals surface area contributed by atoms with E-state index in [2.05, 4.69) is 10.5 Å². The summed E-state index contributed by atoms with van der Waals surface area (Å²) in [6.45, 7) is 1.87. The van der Waals surface area contributed by atoms with Crippen molar-refractivity contribution < 1.29 is 4.79 Å². The van der Waals surface area contributed by atoms with Gasteiger partial charge in [-0.05, 0) is 36.2 Å². The normalized spacial score (nSPS) is 10.8. The quantitative estimate of drug-likeness (QED) is 0.674. The highest BCUT2D eigenvalue weighted by atomic mass is 35.5. The Morgan fingerprint density at radius 1 is 1.15 bits per heavy atom. The van der Waals surface area contributed by atoms with Crippen LogP contribution >= 0.6 is 23.2 Å². The van der Waals surface area contributed by atoms with Gasteiger partial charge in [-0.3, -0.25) is 4.79 Å². The van der Waals surface area contributed by atoms with Crippen LogP contribution in [0.15, 0.2) is 47.6 Å². The van der Waals surface area contributed by atoms with E-state index in [4.69, 9.17) is 23.2 Å². The number of carbonyl (C=O) groups excluding carboxylic acids is 1. The van der Waals surface area contributed by atoms with Crippen LogP contribution in [0.4, 0.5) is 0 Å². The zero-order valence-corrected chi connectivity index (χ0v) is 12.2. The number of hydrazone groups is 1. The number of rotatable bonds is 3. The lowest BCUT2D eigenvalue weighted by atomic mass is 10.1. The Hall–Kier alpha value is -1.84. The minimum Gasteiger partial charge on any atom is -0.267 e. The topological polar surface area (TPSA) is 41.5 Å². The molecule has 0 aliphatic heterocycles. The number of carbonyl (C=O) groups is 1. The van der Waals surface area contributed by atoms with Crippen molar-refractivity contribution in [3.8, 4) is 0 Å². The van der Waals surface area contributed by atoms with E-state index in [0.29, 0.717) is 15.6 Å². The summed E-state index contributed by atoms with van der Waals surface area (Å²) >= 11 is 11.7. The fourth-order valence-corrected chi connectivity index (χ4v) is 1.95. The van der Waals surface area contributed by atoms with Crippen LogP contribution in [0.3, 0.4) is 0 Å². The van der Waals surface area contributed by atoms with Crippen LogP contribution in [-0.4, -0.2) is 12.1 Å². The molecule has 2 aromatic rings. The third-order valence-corrected chi connectivity index (χ3v) is 3.45. The second kappa shape index (κ2) is 6.55. The molecule has 0 aromatic heterocycles. The molecule has 1 N–H and O–H groups in total. The van der Waals surface area contributed by atoms with Gasteiger partial charge in [-0.15, -0.1) is 0 Å². The molecule has 0 saturated carbocycles. The molecule has 1 amide bonds. The number of nitrogens with zero attached hydrogens (tertiary/aromatic N) is 1. The van der Waals surface area contributed by atoms with Crippen LogP contribution in [0, 0.1) is 6.92 Å². The number of hydrogen-bond donors (Lipinski definition) is 1. The molecule has 0 unspecified atom stereocenters. The maximum atomic E-state index is 11.9. The van der Waals surface area contributed by atoms with E-state index in [1.165, 1.54) is 6.21 Å². The van der Waals surface area contributed by atoms with Crippen molar-refractivity contribution in [2.45, 2.75) is 6.92 Å². The lowest BCUT2D eigenvalue weighted by molar-refractivity contribution is 0.0954. The Morgan fingerprint density at radius 3 is 2.60 bits per heavy atom. The summed E-state index contributed by atoms with van der Waals surface area (Å²) in [6.07, 6.45) is 1.51. The first-order valence-electron chi connectivity index (χ1n) is 5.92. The molecule has 0 atom stereocenters. The molecule has 2 rings (SSSR count). The summed E-state index contributed by atoms with van der Waals surface area (Å²) in [7, 11) is 0. The van der Waals surface area contributed by atoms with Crippen molar-refractivity contribution in [2.75, 3.05) is 0 Å². The Balaban J connectivity index is 2.05. The average Bonchev–Trinajstić information content (AvgIpc) is 2.43. The summed E-state index contributed by atoms with van der Waals surface area (Å²) in [4.78, 5) is 11.9. The van der Waals surface area contributed by atoms with E-state index < -0.39 is 0 Å². The van der Waals surface area contributed by atoms with Crippen LogP contribution in [0.1, 0.15) is 21.5 Å². The molecule has 0 fully saturated rings.